The van der Waals surface area contributed by atoms with Crippen molar-refractivity contribution in [2.45, 2.75) is 0 Å². The van der Waals surface area contributed by atoms with Crippen LogP contribution in [0.15, 0.2) is 66.7 Å². The van der Waals surface area contributed by atoms with Crippen molar-refractivity contribution in [2.75, 3.05) is 4.90 Å². The van der Waals surface area contributed by atoms with Gasteiger partial charge in [-0.3, -0.25) is 9.59 Å². The summed E-state index contributed by atoms with van der Waals surface area (Å²) in [6.07, 6.45) is 0. The van der Waals surface area contributed by atoms with E-state index in [-0.39, 0.29) is 11.8 Å². The second-order valence-electron chi connectivity index (χ2n) is 5.69. The zero-order chi connectivity index (χ0) is 18.3. The molecule has 0 unspecified atom stereocenters. The first-order valence-electron chi connectivity index (χ1n) is 7.75. The smallest absolute Gasteiger partial charge is 0.266 e. The van der Waals surface area contributed by atoms with E-state index in [1.807, 2.05) is 0 Å². The molecule has 1 aliphatic heterocycles. The number of rotatable bonds is 3. The van der Waals surface area contributed by atoms with Crippen LogP contribution in [0.25, 0.3) is 0 Å². The van der Waals surface area contributed by atoms with Crippen molar-refractivity contribution in [3.63, 3.8) is 0 Å². The van der Waals surface area contributed by atoms with Gasteiger partial charge in [-0.05, 0) is 54.6 Å². The van der Waals surface area contributed by atoms with Crippen LogP contribution in [0.5, 0.6) is 11.5 Å². The predicted octanol–water partition coefficient (Wildman–Crippen LogP) is 5.59. The highest BCUT2D eigenvalue weighted by molar-refractivity contribution is 6.35. The molecule has 128 valence electrons. The van der Waals surface area contributed by atoms with Crippen LogP contribution in [0, 0.1) is 0 Å². The third kappa shape index (κ3) is 2.94. The highest BCUT2D eigenvalue weighted by Gasteiger charge is 2.36. The summed E-state index contributed by atoms with van der Waals surface area (Å²) in [5.74, 6) is 0.362. The van der Waals surface area contributed by atoms with Crippen molar-refractivity contribution in [1.29, 1.82) is 0 Å². The summed E-state index contributed by atoms with van der Waals surface area (Å²) in [6.45, 7) is 0. The number of carbonyl (C=O) groups is 2. The van der Waals surface area contributed by atoms with Crippen LogP contribution < -0.4 is 9.64 Å². The van der Waals surface area contributed by atoms with Crippen LogP contribution in [0.4, 0.5) is 5.69 Å². The molecule has 4 nitrogen and oxygen atoms in total. The van der Waals surface area contributed by atoms with Crippen molar-refractivity contribution in [2.24, 2.45) is 0 Å². The first-order chi connectivity index (χ1) is 12.5. The molecule has 0 fully saturated rings. The number of halogens is 2. The second-order valence-corrected chi connectivity index (χ2v) is 6.57. The van der Waals surface area contributed by atoms with Crippen LogP contribution in [-0.4, -0.2) is 11.8 Å². The number of nitrogens with zero attached hydrogens (tertiary/aromatic N) is 1. The van der Waals surface area contributed by atoms with Gasteiger partial charge >= 0.3 is 0 Å². The van der Waals surface area contributed by atoms with Crippen LogP contribution in [-0.2, 0) is 0 Å². The molecule has 3 aromatic carbocycles. The molecular weight excluding hydrogens is 373 g/mol. The lowest BCUT2D eigenvalue weighted by Crippen LogP contribution is -2.29. The molecule has 6 heteroatoms. The van der Waals surface area contributed by atoms with E-state index in [0.717, 1.165) is 4.90 Å². The molecule has 0 bridgehead atoms. The van der Waals surface area contributed by atoms with Crippen LogP contribution >= 0.6 is 23.2 Å². The average Bonchev–Trinajstić information content (AvgIpc) is 2.86. The minimum absolute atomic E-state index is 0.333. The van der Waals surface area contributed by atoms with Gasteiger partial charge in [0.2, 0.25) is 0 Å². The molecule has 0 aliphatic carbocycles. The van der Waals surface area contributed by atoms with Crippen LogP contribution in [0.1, 0.15) is 20.7 Å². The third-order valence-corrected chi connectivity index (χ3v) is 4.40. The van der Waals surface area contributed by atoms with Gasteiger partial charge in [0.25, 0.3) is 11.8 Å². The molecule has 0 saturated carbocycles. The molecule has 0 N–H and O–H groups in total. The number of fused-ring (bicyclic) bond motifs is 1. The number of anilines is 1. The van der Waals surface area contributed by atoms with E-state index in [0.29, 0.717) is 38.4 Å². The van der Waals surface area contributed by atoms with Crippen molar-refractivity contribution in [3.05, 3.63) is 87.9 Å². The number of hydrogen-bond donors (Lipinski definition) is 0. The number of imide groups is 1. The summed E-state index contributed by atoms with van der Waals surface area (Å²) in [7, 11) is 0. The minimum atomic E-state index is -0.333. The Labute approximate surface area is 159 Å². The third-order valence-electron chi connectivity index (χ3n) is 3.96. The minimum Gasteiger partial charge on any atom is -0.457 e. The van der Waals surface area contributed by atoms with E-state index < -0.39 is 0 Å². The molecular formula is C20H11Cl2NO3. The van der Waals surface area contributed by atoms with Gasteiger partial charge < -0.3 is 4.74 Å². The molecule has 0 saturated heterocycles. The van der Waals surface area contributed by atoms with E-state index in [2.05, 4.69) is 0 Å². The Hall–Kier alpha value is -2.82. The van der Waals surface area contributed by atoms with Gasteiger partial charge in [-0.15, -0.1) is 0 Å². The first-order valence-corrected chi connectivity index (χ1v) is 8.50. The molecule has 1 heterocycles. The van der Waals surface area contributed by atoms with Crippen LogP contribution in [0.2, 0.25) is 10.0 Å². The number of hydrogen-bond acceptors (Lipinski definition) is 3. The number of ether oxygens (including phenoxy) is 1. The zero-order valence-electron chi connectivity index (χ0n) is 13.3. The first kappa shape index (κ1) is 16.6. The fourth-order valence-corrected chi connectivity index (χ4v) is 3.32. The van der Waals surface area contributed by atoms with E-state index in [4.69, 9.17) is 27.9 Å². The standard InChI is InChI=1S/C20H11Cl2NO3/c21-12-9-13(22)11-16(10-12)26-15-7-5-14(6-8-15)23-19(24)17-3-1-2-4-18(17)20(23)25/h1-11H. The lowest BCUT2D eigenvalue weighted by atomic mass is 10.1. The Morgan fingerprint density at radius 1 is 0.692 bits per heavy atom. The zero-order valence-corrected chi connectivity index (χ0v) is 14.8. The van der Waals surface area contributed by atoms with Crippen molar-refractivity contribution >= 4 is 40.7 Å². The molecule has 0 spiro atoms. The molecule has 4 rings (SSSR count). The van der Waals surface area contributed by atoms with Gasteiger partial charge in [0.1, 0.15) is 11.5 Å². The lowest BCUT2D eigenvalue weighted by Gasteiger charge is -2.14. The average molecular weight is 384 g/mol. The second kappa shape index (κ2) is 6.48. The van der Waals surface area contributed by atoms with E-state index in [9.17, 15) is 9.59 Å². The van der Waals surface area contributed by atoms with Gasteiger partial charge in [-0.1, -0.05) is 35.3 Å². The molecule has 26 heavy (non-hydrogen) atoms. The lowest BCUT2D eigenvalue weighted by molar-refractivity contribution is 0.0926. The maximum atomic E-state index is 12.5. The summed E-state index contributed by atoms with van der Waals surface area (Å²) in [6, 6.07) is 18.3. The van der Waals surface area contributed by atoms with E-state index in [1.165, 1.54) is 0 Å². The molecule has 2 amide bonds. The topological polar surface area (TPSA) is 46.6 Å². The maximum Gasteiger partial charge on any atom is 0.266 e. The highest BCUT2D eigenvalue weighted by atomic mass is 35.5. The van der Waals surface area contributed by atoms with Gasteiger partial charge in [0.15, 0.2) is 0 Å². The van der Waals surface area contributed by atoms with Crippen molar-refractivity contribution in [3.8, 4) is 11.5 Å². The maximum absolute atomic E-state index is 12.5. The summed E-state index contributed by atoms with van der Waals surface area (Å²) < 4.78 is 5.72. The Balaban J connectivity index is 1.59. The normalized spacial score (nSPS) is 13.1. The number of benzene rings is 3. The summed E-state index contributed by atoms with van der Waals surface area (Å²) >= 11 is 11.9. The Bertz CT molecular complexity index is 976. The predicted molar refractivity (Wildman–Crippen MR) is 101 cm³/mol. The molecule has 3 aromatic rings. The summed E-state index contributed by atoms with van der Waals surface area (Å²) in [5.41, 5.74) is 1.30. The van der Waals surface area contributed by atoms with E-state index >= 15 is 0 Å². The monoisotopic (exact) mass is 383 g/mol. The van der Waals surface area contributed by atoms with Gasteiger partial charge in [0.05, 0.1) is 16.8 Å². The quantitative estimate of drug-likeness (QED) is 0.554. The molecule has 0 radical (unpaired) electrons. The summed E-state index contributed by atoms with van der Waals surface area (Å²) in [5, 5.41) is 0.935. The Kier molecular flexibility index (Phi) is 4.15. The largest absolute Gasteiger partial charge is 0.457 e. The molecule has 1 aliphatic rings. The van der Waals surface area contributed by atoms with Crippen LogP contribution in [0.3, 0.4) is 0 Å². The van der Waals surface area contributed by atoms with Crippen molar-refractivity contribution in [1.82, 2.24) is 0 Å². The SMILES string of the molecule is O=C1c2ccccc2C(=O)N1c1ccc(Oc2cc(Cl)cc(Cl)c2)cc1. The highest BCUT2D eigenvalue weighted by Crippen LogP contribution is 2.32. The number of carbonyl (C=O) groups excluding carboxylic acids is 2. The number of amides is 2. The van der Waals surface area contributed by atoms with Gasteiger partial charge in [-0.2, -0.15) is 0 Å². The van der Waals surface area contributed by atoms with Gasteiger partial charge in [0, 0.05) is 10.0 Å². The fraction of sp³-hybridized carbons (Fsp3) is 0. The Morgan fingerprint density at radius 2 is 1.23 bits per heavy atom. The molecule has 0 aromatic heterocycles. The van der Waals surface area contributed by atoms with E-state index in [1.54, 1.807) is 66.7 Å². The van der Waals surface area contributed by atoms with Gasteiger partial charge in [-0.25, -0.2) is 4.90 Å². The van der Waals surface area contributed by atoms with Crippen molar-refractivity contribution < 1.29 is 14.3 Å². The summed E-state index contributed by atoms with van der Waals surface area (Å²) in [4.78, 5) is 26.2. The molecule has 0 atom stereocenters. The fourth-order valence-electron chi connectivity index (χ4n) is 2.81. The Morgan fingerprint density at radius 3 is 1.77 bits per heavy atom.